The smallest absolute Gasteiger partial charge is 0.408 e. The van der Waals surface area contributed by atoms with E-state index in [4.69, 9.17) is 14.2 Å². The van der Waals surface area contributed by atoms with E-state index in [1.807, 2.05) is 39.8 Å². The first-order valence-electron chi connectivity index (χ1n) is 21.6. The van der Waals surface area contributed by atoms with Gasteiger partial charge in [0.2, 0.25) is 23.6 Å². The van der Waals surface area contributed by atoms with Crippen LogP contribution in [0.1, 0.15) is 93.2 Å². The molecule has 1 fully saturated rings. The fraction of sp³-hybridized carbons (Fsp3) is 0.609. The monoisotopic (exact) mass is 883 g/mol. The molecule has 2 aromatic rings. The molecular formula is C46H70N6O11. The fourth-order valence-electron chi connectivity index (χ4n) is 6.78. The molecule has 2 aromatic carbocycles. The maximum absolute atomic E-state index is 13.8. The summed E-state index contributed by atoms with van der Waals surface area (Å²) >= 11 is 0. The zero-order valence-corrected chi connectivity index (χ0v) is 38.4. The second kappa shape index (κ2) is 24.0. The summed E-state index contributed by atoms with van der Waals surface area (Å²) in [5, 5.41) is 38.2. The first-order chi connectivity index (χ1) is 29.4. The number of aliphatic hydroxyl groups is 2. The van der Waals surface area contributed by atoms with Crippen LogP contribution in [0.25, 0.3) is 0 Å². The molecule has 0 radical (unpaired) electrons. The van der Waals surface area contributed by atoms with Gasteiger partial charge in [-0.1, -0.05) is 88.4 Å². The van der Waals surface area contributed by atoms with Gasteiger partial charge in [0.15, 0.2) is 0 Å². The number of nitrogens with one attached hydrogen (secondary N) is 6. The van der Waals surface area contributed by atoms with Gasteiger partial charge in [0, 0.05) is 25.9 Å². The van der Waals surface area contributed by atoms with Gasteiger partial charge in [-0.3, -0.25) is 19.2 Å². The highest BCUT2D eigenvalue weighted by atomic mass is 16.6. The molecule has 8 atom stereocenters. The molecule has 0 saturated carbocycles. The zero-order valence-electron chi connectivity index (χ0n) is 38.4. The molecule has 17 heteroatoms. The predicted octanol–water partition coefficient (Wildman–Crippen LogP) is 3.04. The van der Waals surface area contributed by atoms with Gasteiger partial charge in [-0.05, 0) is 77.3 Å². The minimum Gasteiger partial charge on any atom is -0.444 e. The molecule has 1 aliphatic heterocycles. The van der Waals surface area contributed by atoms with Crippen LogP contribution in [0.2, 0.25) is 0 Å². The first-order valence-corrected chi connectivity index (χ1v) is 21.6. The zero-order chi connectivity index (χ0) is 47.1. The number of rotatable bonds is 20. The third-order valence-electron chi connectivity index (χ3n) is 9.68. The van der Waals surface area contributed by atoms with E-state index in [0.29, 0.717) is 0 Å². The number of amides is 6. The van der Waals surface area contributed by atoms with E-state index in [2.05, 4.69) is 31.9 Å². The Hall–Kier alpha value is -5.26. The van der Waals surface area contributed by atoms with Crippen LogP contribution in [0.15, 0.2) is 60.7 Å². The van der Waals surface area contributed by atoms with Crippen molar-refractivity contribution in [2.75, 3.05) is 13.1 Å². The third kappa shape index (κ3) is 18.9. The fourth-order valence-corrected chi connectivity index (χ4v) is 6.78. The average molecular weight is 883 g/mol. The van der Waals surface area contributed by atoms with Gasteiger partial charge < -0.3 is 56.3 Å². The number of hydrogen-bond donors (Lipinski definition) is 8. The normalized spacial score (nSPS) is 19.5. The van der Waals surface area contributed by atoms with E-state index in [0.717, 1.165) is 11.1 Å². The highest BCUT2D eigenvalue weighted by Crippen LogP contribution is 2.21. The largest absolute Gasteiger partial charge is 0.444 e. The SMILES string of the molecule is CC(C)C[C@H](NC(=O)OC(C)(C)C)C(=O)N[C@@H](Cc1ccccc1)C(=O)NC[C@@H]1O[C@@H](CNC(=O)[C@H](Cc2ccccc2)NC(=O)[C@@H](CC(C)C)NC(=O)OC(C)(C)C)[C@@H](O)[C@@H]1O. The number of aliphatic hydroxyl groups excluding tert-OH is 2. The van der Waals surface area contributed by atoms with Crippen LogP contribution in [-0.4, -0.2) is 119 Å². The third-order valence-corrected chi connectivity index (χ3v) is 9.68. The lowest BCUT2D eigenvalue weighted by Gasteiger charge is -2.26. The molecule has 0 spiro atoms. The highest BCUT2D eigenvalue weighted by molar-refractivity contribution is 5.92. The summed E-state index contributed by atoms with van der Waals surface area (Å²) in [7, 11) is 0. The van der Waals surface area contributed by atoms with Gasteiger partial charge in [-0.25, -0.2) is 9.59 Å². The van der Waals surface area contributed by atoms with Gasteiger partial charge in [-0.2, -0.15) is 0 Å². The van der Waals surface area contributed by atoms with Crippen LogP contribution in [0.3, 0.4) is 0 Å². The Labute approximate surface area is 371 Å². The minimum atomic E-state index is -1.46. The summed E-state index contributed by atoms with van der Waals surface area (Å²) in [5.41, 5.74) is -0.101. The summed E-state index contributed by atoms with van der Waals surface area (Å²) in [6, 6.07) is 13.8. The Morgan fingerprint density at radius 1 is 0.540 bits per heavy atom. The van der Waals surface area contributed by atoms with Crippen molar-refractivity contribution in [2.45, 2.75) is 155 Å². The van der Waals surface area contributed by atoms with Gasteiger partial charge in [0.1, 0.15) is 59.8 Å². The lowest BCUT2D eigenvalue weighted by molar-refractivity contribution is -0.131. The highest BCUT2D eigenvalue weighted by Gasteiger charge is 2.43. The number of carbonyl (C=O) groups excluding carboxylic acids is 6. The number of alkyl carbamates (subject to hydrolysis) is 2. The maximum Gasteiger partial charge on any atom is 0.408 e. The lowest BCUT2D eigenvalue weighted by Crippen LogP contribution is -2.56. The van der Waals surface area contributed by atoms with Gasteiger partial charge in [0.25, 0.3) is 0 Å². The predicted molar refractivity (Wildman–Crippen MR) is 236 cm³/mol. The molecule has 17 nitrogen and oxygen atoms in total. The van der Waals surface area contributed by atoms with E-state index in [1.165, 1.54) is 0 Å². The van der Waals surface area contributed by atoms with Crippen LogP contribution < -0.4 is 31.9 Å². The molecule has 1 saturated heterocycles. The molecular weight excluding hydrogens is 813 g/mol. The van der Waals surface area contributed by atoms with Crippen molar-refractivity contribution in [3.8, 4) is 0 Å². The standard InChI is InChI=1S/C46H70N6O11/c1-27(2)21-31(51-43(59)62-45(5,6)7)41(57)49-33(23-29-17-13-11-14-18-29)39(55)47-25-35-37(53)38(54)36(61-35)26-48-40(56)34(24-30-19-15-12-16-20-30)50-42(58)32(22-28(3)4)52-44(60)63-46(8,9)10/h11-20,27-28,31-38,53-54H,21-26H2,1-10H3,(H,47,55)(H,48,56)(H,49,57)(H,50,58)(H,51,59)(H,52,60)/t31-,32+,33-,34-,35-,36-,37+,38+/m0/s1. The van der Waals surface area contributed by atoms with Crippen molar-refractivity contribution >= 4 is 35.8 Å². The van der Waals surface area contributed by atoms with E-state index in [-0.39, 0.29) is 50.6 Å². The van der Waals surface area contributed by atoms with E-state index >= 15 is 0 Å². The van der Waals surface area contributed by atoms with Crippen LogP contribution in [0.4, 0.5) is 9.59 Å². The molecule has 0 aliphatic carbocycles. The van der Waals surface area contributed by atoms with E-state index in [1.54, 1.807) is 90.1 Å². The van der Waals surface area contributed by atoms with E-state index in [9.17, 15) is 39.0 Å². The molecule has 1 aliphatic rings. The van der Waals surface area contributed by atoms with Crippen molar-refractivity contribution < 1.29 is 53.2 Å². The van der Waals surface area contributed by atoms with Crippen molar-refractivity contribution in [3.63, 3.8) is 0 Å². The Bertz CT molecular complexity index is 1670. The molecule has 63 heavy (non-hydrogen) atoms. The van der Waals surface area contributed by atoms with Crippen LogP contribution in [0.5, 0.6) is 0 Å². The Morgan fingerprint density at radius 3 is 1.17 bits per heavy atom. The average Bonchev–Trinajstić information content (AvgIpc) is 3.44. The van der Waals surface area contributed by atoms with Crippen molar-refractivity contribution in [3.05, 3.63) is 71.8 Å². The number of hydrogen-bond acceptors (Lipinski definition) is 11. The summed E-state index contributed by atoms with van der Waals surface area (Å²) < 4.78 is 16.7. The Balaban J connectivity index is 1.70. The topological polar surface area (TPSA) is 243 Å². The minimum absolute atomic E-state index is 0.00550. The first kappa shape index (κ1) is 52.1. The van der Waals surface area contributed by atoms with Crippen LogP contribution >= 0.6 is 0 Å². The van der Waals surface area contributed by atoms with Crippen molar-refractivity contribution in [1.29, 1.82) is 0 Å². The van der Waals surface area contributed by atoms with Gasteiger partial charge in [0.05, 0.1) is 0 Å². The van der Waals surface area contributed by atoms with Crippen molar-refractivity contribution in [1.82, 2.24) is 31.9 Å². The van der Waals surface area contributed by atoms with E-state index < -0.39 is 95.6 Å². The quantitative estimate of drug-likeness (QED) is 0.0962. The van der Waals surface area contributed by atoms with Crippen molar-refractivity contribution in [2.24, 2.45) is 11.8 Å². The molecule has 6 amide bonds. The molecule has 350 valence electrons. The second-order valence-electron chi connectivity index (χ2n) is 18.8. The van der Waals surface area contributed by atoms with Crippen LogP contribution in [-0.2, 0) is 46.2 Å². The molecule has 8 N–H and O–H groups in total. The van der Waals surface area contributed by atoms with Gasteiger partial charge in [-0.15, -0.1) is 0 Å². The van der Waals surface area contributed by atoms with Crippen LogP contribution in [0, 0.1) is 11.8 Å². The summed E-state index contributed by atoms with van der Waals surface area (Å²) in [5.74, 6) is -2.38. The Kier molecular flexibility index (Phi) is 19.8. The molecule has 0 unspecified atom stereocenters. The number of benzene rings is 2. The summed E-state index contributed by atoms with van der Waals surface area (Å²) in [6.45, 7) is 17.3. The number of carbonyl (C=O) groups is 6. The molecule has 0 aromatic heterocycles. The van der Waals surface area contributed by atoms with Gasteiger partial charge >= 0.3 is 12.2 Å². The maximum atomic E-state index is 13.8. The number of ether oxygens (including phenoxy) is 3. The molecule has 1 heterocycles. The summed E-state index contributed by atoms with van der Waals surface area (Å²) in [6.07, 6.45) is -5.93. The lowest BCUT2D eigenvalue weighted by atomic mass is 10.0. The summed E-state index contributed by atoms with van der Waals surface area (Å²) in [4.78, 5) is 80.1. The Morgan fingerprint density at radius 2 is 0.873 bits per heavy atom. The second-order valence-corrected chi connectivity index (χ2v) is 18.8. The molecule has 3 rings (SSSR count). The molecule has 0 bridgehead atoms.